The summed E-state index contributed by atoms with van der Waals surface area (Å²) in [6.45, 7) is 5.15. The molecule has 1 amide bonds. The highest BCUT2D eigenvalue weighted by Crippen LogP contribution is 2.23. The van der Waals surface area contributed by atoms with E-state index in [1.54, 1.807) is 18.2 Å². The summed E-state index contributed by atoms with van der Waals surface area (Å²) in [7, 11) is 0. The Kier molecular flexibility index (Phi) is 6.99. The summed E-state index contributed by atoms with van der Waals surface area (Å²) < 4.78 is 0. The van der Waals surface area contributed by atoms with Crippen LogP contribution in [0.4, 0.5) is 11.4 Å². The van der Waals surface area contributed by atoms with Gasteiger partial charge in [0.15, 0.2) is 0 Å². The van der Waals surface area contributed by atoms with Gasteiger partial charge in [-0.05, 0) is 38.4 Å². The number of carbonyl (C=O) groups excluding carboxylic acids is 1. The number of anilines is 1. The molecule has 132 valence electrons. The Balaban J connectivity index is 1.90. The van der Waals surface area contributed by atoms with E-state index >= 15 is 0 Å². The van der Waals surface area contributed by atoms with E-state index in [0.29, 0.717) is 24.7 Å². The highest BCUT2D eigenvalue weighted by atomic mass is 16.6. The predicted molar refractivity (Wildman–Crippen MR) is 94.1 cm³/mol. The summed E-state index contributed by atoms with van der Waals surface area (Å²) in [6, 6.07) is 6.82. The van der Waals surface area contributed by atoms with Crippen molar-refractivity contribution in [1.82, 2.24) is 10.2 Å². The number of amides is 1. The van der Waals surface area contributed by atoms with E-state index in [4.69, 9.17) is 0 Å². The minimum atomic E-state index is -0.414. The zero-order valence-corrected chi connectivity index (χ0v) is 14.2. The van der Waals surface area contributed by atoms with Gasteiger partial charge in [-0.15, -0.1) is 0 Å². The quantitative estimate of drug-likeness (QED) is 0.563. The van der Waals surface area contributed by atoms with Crippen molar-refractivity contribution in [2.75, 3.05) is 31.5 Å². The van der Waals surface area contributed by atoms with Gasteiger partial charge in [-0.3, -0.25) is 14.9 Å². The number of hydrogen-bond donors (Lipinski definition) is 2. The molecule has 0 unspecified atom stereocenters. The molecule has 0 saturated carbocycles. The first-order valence-electron chi connectivity index (χ1n) is 8.61. The molecule has 1 aliphatic heterocycles. The molecule has 24 heavy (non-hydrogen) atoms. The monoisotopic (exact) mass is 334 g/mol. The van der Waals surface area contributed by atoms with E-state index in [1.165, 1.54) is 6.07 Å². The number of benzene rings is 1. The number of piperidine rings is 1. The highest BCUT2D eigenvalue weighted by molar-refractivity contribution is 5.77. The first-order valence-corrected chi connectivity index (χ1v) is 8.61. The van der Waals surface area contributed by atoms with Crippen LogP contribution in [0.2, 0.25) is 0 Å². The predicted octanol–water partition coefficient (Wildman–Crippen LogP) is 2.39. The second-order valence-electron chi connectivity index (χ2n) is 6.02. The van der Waals surface area contributed by atoms with Crippen LogP contribution in [-0.4, -0.2) is 48.0 Å². The van der Waals surface area contributed by atoms with Gasteiger partial charge >= 0.3 is 0 Å². The summed E-state index contributed by atoms with van der Waals surface area (Å²) >= 11 is 0. The summed E-state index contributed by atoms with van der Waals surface area (Å²) in [6.07, 6.45) is 3.26. The summed E-state index contributed by atoms with van der Waals surface area (Å²) in [5, 5.41) is 17.3. The van der Waals surface area contributed by atoms with Crippen molar-refractivity contribution < 1.29 is 9.72 Å². The lowest BCUT2D eigenvalue weighted by molar-refractivity contribution is -0.384. The Bertz CT molecular complexity index is 559. The maximum atomic E-state index is 12.6. The zero-order valence-electron chi connectivity index (χ0n) is 14.2. The standard InChI is InChI=1S/C17H26N4O3/c1-2-13-20(14-7-10-18-11-8-14)17(22)9-12-19-15-5-3-4-6-16(15)21(23)24/h3-6,14,18-19H,2,7-13H2,1H3. The van der Waals surface area contributed by atoms with E-state index < -0.39 is 4.92 Å². The fraction of sp³-hybridized carbons (Fsp3) is 0.588. The lowest BCUT2D eigenvalue weighted by Crippen LogP contribution is -2.46. The fourth-order valence-electron chi connectivity index (χ4n) is 3.10. The maximum Gasteiger partial charge on any atom is 0.292 e. The number of nitrogens with one attached hydrogen (secondary N) is 2. The lowest BCUT2D eigenvalue weighted by Gasteiger charge is -2.34. The van der Waals surface area contributed by atoms with Crippen LogP contribution in [0.3, 0.4) is 0 Å². The Morgan fingerprint density at radius 3 is 2.75 bits per heavy atom. The zero-order chi connectivity index (χ0) is 17.4. The first-order chi connectivity index (χ1) is 11.6. The minimum absolute atomic E-state index is 0.0359. The third kappa shape index (κ3) is 4.92. The van der Waals surface area contributed by atoms with Crippen molar-refractivity contribution >= 4 is 17.3 Å². The Labute approximate surface area is 142 Å². The molecule has 0 spiro atoms. The topological polar surface area (TPSA) is 87.5 Å². The summed E-state index contributed by atoms with van der Waals surface area (Å²) in [4.78, 5) is 25.2. The van der Waals surface area contributed by atoms with Crippen LogP contribution in [-0.2, 0) is 4.79 Å². The largest absolute Gasteiger partial charge is 0.379 e. The van der Waals surface area contributed by atoms with Gasteiger partial charge < -0.3 is 15.5 Å². The van der Waals surface area contributed by atoms with Crippen LogP contribution < -0.4 is 10.6 Å². The van der Waals surface area contributed by atoms with Gasteiger partial charge in [-0.25, -0.2) is 0 Å². The average molecular weight is 334 g/mol. The van der Waals surface area contributed by atoms with Crippen LogP contribution in [0.5, 0.6) is 0 Å². The van der Waals surface area contributed by atoms with Crippen molar-refractivity contribution in [1.29, 1.82) is 0 Å². The van der Waals surface area contributed by atoms with Gasteiger partial charge in [0.1, 0.15) is 5.69 Å². The van der Waals surface area contributed by atoms with E-state index in [-0.39, 0.29) is 11.6 Å². The second-order valence-corrected chi connectivity index (χ2v) is 6.02. The summed E-state index contributed by atoms with van der Waals surface area (Å²) in [5.74, 6) is 0.120. The number of nitro benzene ring substituents is 1. The van der Waals surface area contributed by atoms with Crippen molar-refractivity contribution in [3.63, 3.8) is 0 Å². The molecular formula is C17H26N4O3. The van der Waals surface area contributed by atoms with Crippen LogP contribution in [0.15, 0.2) is 24.3 Å². The SMILES string of the molecule is CCCN(C(=O)CCNc1ccccc1[N+](=O)[O-])C1CCNCC1. The molecule has 2 rings (SSSR count). The average Bonchev–Trinajstić information content (AvgIpc) is 2.60. The van der Waals surface area contributed by atoms with Gasteiger partial charge in [0.05, 0.1) is 4.92 Å². The Hall–Kier alpha value is -2.15. The minimum Gasteiger partial charge on any atom is -0.379 e. The van der Waals surface area contributed by atoms with Gasteiger partial charge in [0.25, 0.3) is 5.69 Å². The molecule has 7 nitrogen and oxygen atoms in total. The van der Waals surface area contributed by atoms with Gasteiger partial charge in [0, 0.05) is 31.6 Å². The number of carbonyl (C=O) groups is 1. The molecule has 0 atom stereocenters. The highest BCUT2D eigenvalue weighted by Gasteiger charge is 2.24. The van der Waals surface area contributed by atoms with E-state index in [0.717, 1.165) is 38.9 Å². The van der Waals surface area contributed by atoms with Crippen molar-refractivity contribution in [2.45, 2.75) is 38.6 Å². The lowest BCUT2D eigenvalue weighted by atomic mass is 10.0. The smallest absolute Gasteiger partial charge is 0.292 e. The van der Waals surface area contributed by atoms with E-state index in [9.17, 15) is 14.9 Å². The molecular weight excluding hydrogens is 308 g/mol. The first kappa shape index (κ1) is 18.2. The molecule has 1 aromatic rings. The number of para-hydroxylation sites is 2. The Morgan fingerprint density at radius 1 is 1.38 bits per heavy atom. The van der Waals surface area contributed by atoms with E-state index in [2.05, 4.69) is 17.6 Å². The number of hydrogen-bond acceptors (Lipinski definition) is 5. The van der Waals surface area contributed by atoms with E-state index in [1.807, 2.05) is 4.90 Å². The van der Waals surface area contributed by atoms with Gasteiger partial charge in [-0.2, -0.15) is 0 Å². The third-order valence-electron chi connectivity index (χ3n) is 4.29. The number of nitrogens with zero attached hydrogens (tertiary/aromatic N) is 2. The number of nitro groups is 1. The molecule has 0 radical (unpaired) electrons. The molecule has 0 aliphatic carbocycles. The number of rotatable bonds is 8. The van der Waals surface area contributed by atoms with Crippen molar-refractivity contribution in [2.24, 2.45) is 0 Å². The Morgan fingerprint density at radius 2 is 2.08 bits per heavy atom. The van der Waals surface area contributed by atoms with Gasteiger partial charge in [-0.1, -0.05) is 19.1 Å². The molecule has 1 aromatic carbocycles. The molecule has 1 fully saturated rings. The molecule has 0 bridgehead atoms. The fourth-order valence-corrected chi connectivity index (χ4v) is 3.10. The van der Waals surface area contributed by atoms with Crippen LogP contribution in [0.25, 0.3) is 0 Å². The normalized spacial score (nSPS) is 15.0. The van der Waals surface area contributed by atoms with Crippen molar-refractivity contribution in [3.05, 3.63) is 34.4 Å². The molecule has 1 heterocycles. The summed E-state index contributed by atoms with van der Waals surface area (Å²) in [5.41, 5.74) is 0.493. The molecule has 2 N–H and O–H groups in total. The van der Waals surface area contributed by atoms with Crippen LogP contribution in [0, 0.1) is 10.1 Å². The third-order valence-corrected chi connectivity index (χ3v) is 4.29. The van der Waals surface area contributed by atoms with Gasteiger partial charge in [0.2, 0.25) is 5.91 Å². The second kappa shape index (κ2) is 9.22. The maximum absolute atomic E-state index is 12.6. The van der Waals surface area contributed by atoms with Crippen LogP contribution in [0.1, 0.15) is 32.6 Å². The molecule has 0 aromatic heterocycles. The van der Waals surface area contributed by atoms with Crippen molar-refractivity contribution in [3.8, 4) is 0 Å². The van der Waals surface area contributed by atoms with Crippen LogP contribution >= 0.6 is 0 Å². The molecule has 1 saturated heterocycles. The molecule has 1 aliphatic rings. The molecule has 7 heteroatoms.